The second-order valence-electron chi connectivity index (χ2n) is 4.29. The van der Waals surface area contributed by atoms with Crippen molar-refractivity contribution in [2.75, 3.05) is 10.6 Å². The number of rotatable bonds is 1. The molecule has 4 nitrogen and oxygen atoms in total. The molecule has 6 heteroatoms. The predicted octanol–water partition coefficient (Wildman–Crippen LogP) is 3.38. The fraction of sp³-hybridized carbons (Fsp3) is 0. The van der Waals surface area contributed by atoms with Gasteiger partial charge in [-0.05, 0) is 24.3 Å². The van der Waals surface area contributed by atoms with Crippen molar-refractivity contribution >= 4 is 46.4 Å². The van der Waals surface area contributed by atoms with Crippen LogP contribution in [0.5, 0.6) is 0 Å². The summed E-state index contributed by atoms with van der Waals surface area (Å²) in [5.41, 5.74) is 6.66. The van der Waals surface area contributed by atoms with Gasteiger partial charge in [0.25, 0.3) is 11.8 Å². The lowest BCUT2D eigenvalue weighted by atomic mass is 10.1. The van der Waals surface area contributed by atoms with E-state index in [9.17, 15) is 9.59 Å². The van der Waals surface area contributed by atoms with Gasteiger partial charge in [0, 0.05) is 5.69 Å². The normalized spacial score (nSPS) is 13.8. The van der Waals surface area contributed by atoms with Crippen LogP contribution in [-0.4, -0.2) is 11.8 Å². The summed E-state index contributed by atoms with van der Waals surface area (Å²) >= 11 is 12.1. The van der Waals surface area contributed by atoms with Crippen LogP contribution in [0.4, 0.5) is 11.4 Å². The minimum Gasteiger partial charge on any atom is -0.398 e. The van der Waals surface area contributed by atoms with E-state index in [2.05, 4.69) is 0 Å². The maximum Gasteiger partial charge on any atom is 0.268 e. The number of carbonyl (C=O) groups is 2. The summed E-state index contributed by atoms with van der Waals surface area (Å²) in [7, 11) is 0. The largest absolute Gasteiger partial charge is 0.398 e. The number of anilines is 2. The third-order valence-electron chi connectivity index (χ3n) is 3.11. The molecule has 0 aromatic heterocycles. The number of nitrogens with zero attached hydrogens (tertiary/aromatic N) is 1. The van der Waals surface area contributed by atoms with Gasteiger partial charge < -0.3 is 5.73 Å². The number of nitrogen functional groups attached to an aromatic ring is 1. The molecule has 2 aromatic carbocycles. The highest BCUT2D eigenvalue weighted by Crippen LogP contribution is 2.39. The molecule has 0 unspecified atom stereocenters. The number of imide groups is 1. The molecule has 2 N–H and O–H groups in total. The molecule has 2 amide bonds. The van der Waals surface area contributed by atoms with Crippen LogP contribution in [0.15, 0.2) is 36.4 Å². The number of amides is 2. The van der Waals surface area contributed by atoms with Gasteiger partial charge in [0.15, 0.2) is 0 Å². The van der Waals surface area contributed by atoms with Crippen LogP contribution in [-0.2, 0) is 0 Å². The summed E-state index contributed by atoms with van der Waals surface area (Å²) < 4.78 is 0. The average molecular weight is 307 g/mol. The molecule has 1 aliphatic rings. The Bertz CT molecular complexity index is 739. The van der Waals surface area contributed by atoms with E-state index in [1.807, 2.05) is 0 Å². The van der Waals surface area contributed by atoms with Crippen molar-refractivity contribution in [3.63, 3.8) is 0 Å². The second-order valence-corrected chi connectivity index (χ2v) is 5.10. The highest BCUT2D eigenvalue weighted by atomic mass is 35.5. The molecule has 0 spiro atoms. The third-order valence-corrected chi connectivity index (χ3v) is 3.72. The Balaban J connectivity index is 2.23. The van der Waals surface area contributed by atoms with Crippen LogP contribution in [0, 0.1) is 0 Å². The summed E-state index contributed by atoms with van der Waals surface area (Å²) in [6, 6.07) is 9.52. The van der Waals surface area contributed by atoms with E-state index in [1.165, 1.54) is 0 Å². The molecular weight excluding hydrogens is 299 g/mol. The Labute approximate surface area is 124 Å². The molecule has 2 aromatic rings. The maximum atomic E-state index is 12.4. The lowest BCUT2D eigenvalue weighted by Crippen LogP contribution is -2.30. The van der Waals surface area contributed by atoms with Crippen LogP contribution < -0.4 is 10.6 Å². The number of hydrogen-bond acceptors (Lipinski definition) is 3. The zero-order chi connectivity index (χ0) is 14.4. The summed E-state index contributed by atoms with van der Waals surface area (Å²) in [5, 5.41) is 0.455. The van der Waals surface area contributed by atoms with E-state index >= 15 is 0 Å². The van der Waals surface area contributed by atoms with E-state index < -0.39 is 11.8 Å². The first-order valence-corrected chi connectivity index (χ1v) is 6.49. The Hall–Kier alpha value is -2.04. The van der Waals surface area contributed by atoms with Crippen molar-refractivity contribution in [3.8, 4) is 0 Å². The van der Waals surface area contributed by atoms with Crippen molar-refractivity contribution in [1.82, 2.24) is 0 Å². The minimum atomic E-state index is -0.516. The molecule has 0 bridgehead atoms. The Kier molecular flexibility index (Phi) is 2.92. The van der Waals surface area contributed by atoms with Crippen molar-refractivity contribution in [2.24, 2.45) is 0 Å². The smallest absolute Gasteiger partial charge is 0.268 e. The molecule has 20 heavy (non-hydrogen) atoms. The predicted molar refractivity (Wildman–Crippen MR) is 78.5 cm³/mol. The number of benzene rings is 2. The minimum absolute atomic E-state index is 0.182. The van der Waals surface area contributed by atoms with E-state index in [0.29, 0.717) is 0 Å². The molecule has 1 heterocycles. The highest BCUT2D eigenvalue weighted by Gasteiger charge is 2.39. The molecular formula is C14H8Cl2N2O2. The molecule has 0 fully saturated rings. The van der Waals surface area contributed by atoms with Gasteiger partial charge >= 0.3 is 0 Å². The van der Waals surface area contributed by atoms with Crippen molar-refractivity contribution in [3.05, 3.63) is 57.6 Å². The summed E-state index contributed by atoms with van der Waals surface area (Å²) in [4.78, 5) is 25.8. The number of carbonyl (C=O) groups excluding carboxylic acids is 2. The molecule has 0 saturated heterocycles. The number of fused-ring (bicyclic) bond motifs is 1. The van der Waals surface area contributed by atoms with E-state index in [4.69, 9.17) is 28.9 Å². The van der Waals surface area contributed by atoms with Crippen LogP contribution in [0.25, 0.3) is 0 Å². The van der Waals surface area contributed by atoms with Crippen molar-refractivity contribution < 1.29 is 9.59 Å². The quantitative estimate of drug-likeness (QED) is 0.649. The zero-order valence-electron chi connectivity index (χ0n) is 10.1. The molecule has 0 radical (unpaired) electrons. The Morgan fingerprint density at radius 2 is 1.50 bits per heavy atom. The van der Waals surface area contributed by atoms with Gasteiger partial charge in [0.1, 0.15) is 0 Å². The number of nitrogens with two attached hydrogens (primary N) is 1. The zero-order valence-corrected chi connectivity index (χ0v) is 11.6. The number of hydrogen-bond donors (Lipinski definition) is 1. The second kappa shape index (κ2) is 4.51. The third kappa shape index (κ3) is 1.69. The summed E-state index contributed by atoms with van der Waals surface area (Å²) in [6.45, 7) is 0. The topological polar surface area (TPSA) is 63.4 Å². The first-order chi connectivity index (χ1) is 9.52. The average Bonchev–Trinajstić information content (AvgIpc) is 2.65. The van der Waals surface area contributed by atoms with Crippen LogP contribution in [0.2, 0.25) is 10.0 Å². The molecule has 1 aliphatic heterocycles. The van der Waals surface area contributed by atoms with Gasteiger partial charge in [-0.3, -0.25) is 9.59 Å². The van der Waals surface area contributed by atoms with Gasteiger partial charge in [-0.25, -0.2) is 4.90 Å². The molecule has 0 atom stereocenters. The van der Waals surface area contributed by atoms with E-state index in [0.717, 1.165) is 4.90 Å². The van der Waals surface area contributed by atoms with Crippen LogP contribution in [0.3, 0.4) is 0 Å². The van der Waals surface area contributed by atoms with Crippen LogP contribution in [0.1, 0.15) is 20.7 Å². The number of para-hydroxylation sites is 1. The molecule has 100 valence electrons. The van der Waals surface area contributed by atoms with Gasteiger partial charge in [-0.1, -0.05) is 35.3 Å². The van der Waals surface area contributed by atoms with Gasteiger partial charge in [0.05, 0.1) is 26.9 Å². The number of halogens is 2. The molecule has 0 aliphatic carbocycles. The van der Waals surface area contributed by atoms with E-state index in [1.54, 1.807) is 36.4 Å². The first kappa shape index (κ1) is 13.0. The first-order valence-electron chi connectivity index (χ1n) is 5.73. The molecule has 3 rings (SSSR count). The maximum absolute atomic E-state index is 12.4. The lowest BCUT2D eigenvalue weighted by Gasteiger charge is -2.17. The highest BCUT2D eigenvalue weighted by molar-refractivity contribution is 6.45. The Morgan fingerprint density at radius 1 is 0.900 bits per heavy atom. The monoisotopic (exact) mass is 306 g/mol. The van der Waals surface area contributed by atoms with Crippen LogP contribution >= 0.6 is 23.2 Å². The fourth-order valence-corrected chi connectivity index (χ4v) is 2.78. The van der Waals surface area contributed by atoms with Gasteiger partial charge in [0.2, 0.25) is 0 Å². The van der Waals surface area contributed by atoms with Gasteiger partial charge in [-0.15, -0.1) is 0 Å². The van der Waals surface area contributed by atoms with Gasteiger partial charge in [-0.2, -0.15) is 0 Å². The Morgan fingerprint density at radius 3 is 2.10 bits per heavy atom. The van der Waals surface area contributed by atoms with Crippen molar-refractivity contribution in [2.45, 2.75) is 0 Å². The summed E-state index contributed by atoms with van der Waals surface area (Å²) in [5.74, 6) is -0.995. The lowest BCUT2D eigenvalue weighted by molar-refractivity contribution is 0.0926. The summed E-state index contributed by atoms with van der Waals surface area (Å²) in [6.07, 6.45) is 0. The SMILES string of the molecule is Nc1cccc2c1C(=O)N(c1c(Cl)cccc1Cl)C2=O. The molecule has 0 saturated carbocycles. The fourth-order valence-electron chi connectivity index (χ4n) is 2.22. The van der Waals surface area contributed by atoms with Crippen molar-refractivity contribution in [1.29, 1.82) is 0 Å². The van der Waals surface area contributed by atoms with E-state index in [-0.39, 0.29) is 32.5 Å². The standard InChI is InChI=1S/C14H8Cl2N2O2/c15-8-4-2-5-9(16)12(8)18-13(19)7-3-1-6-10(17)11(7)14(18)20/h1-6H,17H2.